The first-order valence-electron chi connectivity index (χ1n) is 4.25. The summed E-state index contributed by atoms with van der Waals surface area (Å²) >= 11 is 0.670. The van der Waals surface area contributed by atoms with Crippen molar-refractivity contribution in [3.8, 4) is 0 Å². The van der Waals surface area contributed by atoms with Crippen LogP contribution in [0.4, 0.5) is 0 Å². The minimum Gasteiger partial charge on any atom is -0.476 e. The highest BCUT2D eigenvalue weighted by Gasteiger charge is 2.25. The molecule has 0 aromatic carbocycles. The summed E-state index contributed by atoms with van der Waals surface area (Å²) in [6.07, 6.45) is 0. The molecule has 1 rings (SSSR count). The zero-order chi connectivity index (χ0) is 13.1. The van der Waals surface area contributed by atoms with E-state index in [9.17, 15) is 18.0 Å². The Kier molecular flexibility index (Phi) is 4.15. The molecular weight excluding hydrogens is 270 g/mol. The van der Waals surface area contributed by atoms with Crippen LogP contribution in [0.3, 0.4) is 0 Å². The Balaban J connectivity index is 2.94. The van der Waals surface area contributed by atoms with E-state index < -0.39 is 38.3 Å². The highest BCUT2D eigenvalue weighted by Crippen LogP contribution is 2.19. The number of nitrogens with one attached hydrogen (secondary N) is 2. The molecule has 1 heterocycles. The number of hydrogen-bond donors (Lipinski definition) is 3. The van der Waals surface area contributed by atoms with Crippen molar-refractivity contribution in [2.24, 2.45) is 0 Å². The summed E-state index contributed by atoms with van der Waals surface area (Å²) < 4.78 is 24.9. The number of amides is 1. The molecule has 94 valence electrons. The van der Waals surface area contributed by atoms with E-state index in [-0.39, 0.29) is 0 Å². The standard InChI is InChI=1S/C7H9N3O5S2/c1-8-4(11)2-10-17(14,15)7-5(6(12)13)9-3-16-7/h3,10H,2H2,1H3,(H,8,11)(H,12,13). The lowest BCUT2D eigenvalue weighted by atomic mass is 10.5. The molecule has 0 fully saturated rings. The zero-order valence-corrected chi connectivity index (χ0v) is 10.3. The maximum atomic E-state index is 11.7. The third-order valence-electron chi connectivity index (χ3n) is 1.68. The molecule has 0 aliphatic heterocycles. The molecule has 0 radical (unpaired) electrons. The van der Waals surface area contributed by atoms with Gasteiger partial charge in [0.25, 0.3) is 10.0 Å². The Labute approximate surface area is 101 Å². The van der Waals surface area contributed by atoms with Crippen LogP contribution in [-0.2, 0) is 14.8 Å². The van der Waals surface area contributed by atoms with Crippen LogP contribution >= 0.6 is 11.3 Å². The second-order valence-corrected chi connectivity index (χ2v) is 5.61. The van der Waals surface area contributed by atoms with Crippen LogP contribution < -0.4 is 10.0 Å². The van der Waals surface area contributed by atoms with Crippen molar-refractivity contribution in [1.29, 1.82) is 0 Å². The first-order chi connectivity index (χ1) is 7.88. The summed E-state index contributed by atoms with van der Waals surface area (Å²) in [6, 6.07) is 0. The summed E-state index contributed by atoms with van der Waals surface area (Å²) in [5.74, 6) is -1.97. The zero-order valence-electron chi connectivity index (χ0n) is 8.63. The lowest BCUT2D eigenvalue weighted by Gasteiger charge is -2.04. The SMILES string of the molecule is CNC(=O)CNS(=O)(=O)c1scnc1C(=O)O. The second kappa shape index (κ2) is 5.21. The van der Waals surface area contributed by atoms with Crippen LogP contribution in [-0.4, -0.2) is 44.0 Å². The van der Waals surface area contributed by atoms with E-state index in [4.69, 9.17) is 5.11 Å². The van der Waals surface area contributed by atoms with Crippen LogP contribution in [0.25, 0.3) is 0 Å². The monoisotopic (exact) mass is 279 g/mol. The molecule has 3 N–H and O–H groups in total. The van der Waals surface area contributed by atoms with Gasteiger partial charge in [0.15, 0.2) is 9.90 Å². The fourth-order valence-corrected chi connectivity index (χ4v) is 3.05. The summed E-state index contributed by atoms with van der Waals surface area (Å²) in [5, 5.41) is 10.9. The molecule has 10 heteroatoms. The van der Waals surface area contributed by atoms with E-state index in [1.807, 2.05) is 4.72 Å². The Morgan fingerprint density at radius 1 is 1.53 bits per heavy atom. The van der Waals surface area contributed by atoms with Gasteiger partial charge in [0.05, 0.1) is 12.1 Å². The van der Waals surface area contributed by atoms with Gasteiger partial charge in [-0.25, -0.2) is 22.9 Å². The van der Waals surface area contributed by atoms with Gasteiger partial charge in [0.2, 0.25) is 5.91 Å². The third kappa shape index (κ3) is 3.22. The third-order valence-corrected chi connectivity index (χ3v) is 4.45. The second-order valence-electron chi connectivity index (χ2n) is 2.79. The van der Waals surface area contributed by atoms with Gasteiger partial charge in [-0.15, -0.1) is 11.3 Å². The van der Waals surface area contributed by atoms with Crippen LogP contribution in [0.5, 0.6) is 0 Å². The molecule has 0 atom stereocenters. The molecule has 8 nitrogen and oxygen atoms in total. The van der Waals surface area contributed by atoms with Gasteiger partial charge >= 0.3 is 5.97 Å². The number of carboxylic acids is 1. The molecule has 17 heavy (non-hydrogen) atoms. The topological polar surface area (TPSA) is 125 Å². The molecule has 1 amide bonds. The number of hydrogen-bond acceptors (Lipinski definition) is 6. The Morgan fingerprint density at radius 3 is 2.71 bits per heavy atom. The average Bonchev–Trinajstić information content (AvgIpc) is 2.75. The number of sulfonamides is 1. The van der Waals surface area contributed by atoms with E-state index in [1.54, 1.807) is 0 Å². The minimum absolute atomic E-state index is 0.422. The molecule has 0 saturated heterocycles. The van der Waals surface area contributed by atoms with Crippen molar-refractivity contribution >= 4 is 33.2 Å². The van der Waals surface area contributed by atoms with Crippen molar-refractivity contribution in [1.82, 2.24) is 15.0 Å². The van der Waals surface area contributed by atoms with E-state index in [1.165, 1.54) is 7.05 Å². The molecule has 0 unspecified atom stereocenters. The van der Waals surface area contributed by atoms with Crippen LogP contribution in [0, 0.1) is 0 Å². The van der Waals surface area contributed by atoms with E-state index >= 15 is 0 Å². The fourth-order valence-electron chi connectivity index (χ4n) is 0.883. The smallest absolute Gasteiger partial charge is 0.356 e. The van der Waals surface area contributed by atoms with E-state index in [0.29, 0.717) is 11.3 Å². The molecule has 1 aromatic rings. The summed E-state index contributed by atoms with van der Waals surface area (Å²) in [7, 11) is -2.68. The number of nitrogens with zero attached hydrogens (tertiary/aromatic N) is 1. The van der Waals surface area contributed by atoms with Crippen LogP contribution in [0.15, 0.2) is 9.72 Å². The van der Waals surface area contributed by atoms with Crippen molar-refractivity contribution in [2.45, 2.75) is 4.21 Å². The van der Waals surface area contributed by atoms with Crippen molar-refractivity contribution in [2.75, 3.05) is 13.6 Å². The van der Waals surface area contributed by atoms with Gasteiger partial charge in [-0.1, -0.05) is 0 Å². The van der Waals surface area contributed by atoms with Crippen LogP contribution in [0.2, 0.25) is 0 Å². The largest absolute Gasteiger partial charge is 0.476 e. The molecule has 1 aromatic heterocycles. The number of thiazole rings is 1. The van der Waals surface area contributed by atoms with Gasteiger partial charge in [-0.05, 0) is 0 Å². The molecule has 0 bridgehead atoms. The molecule has 0 aliphatic carbocycles. The lowest BCUT2D eigenvalue weighted by Crippen LogP contribution is -2.35. The number of likely N-dealkylation sites (N-methyl/N-ethyl adjacent to an activating group) is 1. The predicted molar refractivity (Wildman–Crippen MR) is 58.3 cm³/mol. The molecule has 0 aliphatic rings. The number of aromatic carboxylic acids is 1. The number of aromatic nitrogens is 1. The molecule has 0 saturated carbocycles. The van der Waals surface area contributed by atoms with Gasteiger partial charge in [-0.2, -0.15) is 0 Å². The van der Waals surface area contributed by atoms with Gasteiger partial charge < -0.3 is 10.4 Å². The quantitative estimate of drug-likeness (QED) is 0.626. The molecule has 0 spiro atoms. The lowest BCUT2D eigenvalue weighted by molar-refractivity contribution is -0.119. The van der Waals surface area contributed by atoms with Crippen molar-refractivity contribution in [3.63, 3.8) is 0 Å². The number of carboxylic acid groups (broad SMARTS) is 1. The predicted octanol–water partition coefficient (Wildman–Crippen LogP) is -1.13. The normalized spacial score (nSPS) is 11.1. The van der Waals surface area contributed by atoms with Crippen molar-refractivity contribution < 1.29 is 23.1 Å². The number of carbonyl (C=O) groups excluding carboxylic acids is 1. The Hall–Kier alpha value is -1.52. The molecular formula is C7H9N3O5S2. The summed E-state index contributed by atoms with van der Waals surface area (Å²) in [6.45, 7) is -0.463. The maximum Gasteiger partial charge on any atom is 0.356 e. The van der Waals surface area contributed by atoms with Gasteiger partial charge in [-0.3, -0.25) is 4.79 Å². The summed E-state index contributed by atoms with van der Waals surface area (Å²) in [5.41, 5.74) is 0.553. The highest BCUT2D eigenvalue weighted by molar-refractivity contribution is 7.91. The van der Waals surface area contributed by atoms with Gasteiger partial charge in [0, 0.05) is 7.05 Å². The summed E-state index contributed by atoms with van der Waals surface area (Å²) in [4.78, 5) is 25.0. The first-order valence-corrected chi connectivity index (χ1v) is 6.61. The average molecular weight is 279 g/mol. The van der Waals surface area contributed by atoms with E-state index in [2.05, 4.69) is 10.3 Å². The maximum absolute atomic E-state index is 11.7. The Bertz CT molecular complexity index is 535. The minimum atomic E-state index is -4.03. The van der Waals surface area contributed by atoms with Crippen molar-refractivity contribution in [3.05, 3.63) is 11.2 Å². The van der Waals surface area contributed by atoms with Gasteiger partial charge in [0.1, 0.15) is 0 Å². The fraction of sp³-hybridized carbons (Fsp3) is 0.286. The van der Waals surface area contributed by atoms with Crippen LogP contribution in [0.1, 0.15) is 10.5 Å². The number of rotatable bonds is 5. The number of carbonyl (C=O) groups is 2. The Morgan fingerprint density at radius 2 is 2.18 bits per heavy atom. The highest BCUT2D eigenvalue weighted by atomic mass is 32.2. The first kappa shape index (κ1) is 13.5. The van der Waals surface area contributed by atoms with E-state index in [0.717, 1.165) is 5.51 Å².